The first-order valence-corrected chi connectivity index (χ1v) is 5.78. The van der Waals surface area contributed by atoms with Crippen LogP contribution >= 0.6 is 0 Å². The number of hydrogen-bond donors (Lipinski definition) is 2. The third kappa shape index (κ3) is 1.80. The van der Waals surface area contributed by atoms with Crippen LogP contribution in [0.1, 0.15) is 0 Å². The maximum atomic E-state index is 9.62. The molecule has 2 fully saturated rings. The summed E-state index contributed by atoms with van der Waals surface area (Å²) in [4.78, 5) is 8.10. The zero-order valence-electron chi connectivity index (χ0n) is 10.00. The highest BCUT2D eigenvalue weighted by atomic mass is 16.6. The largest absolute Gasteiger partial charge is 0.456 e. The number of rotatable bonds is 1. The van der Waals surface area contributed by atoms with Crippen LogP contribution in [0.25, 0.3) is 0 Å². The van der Waals surface area contributed by atoms with Gasteiger partial charge in [0, 0.05) is 7.05 Å². The summed E-state index contributed by atoms with van der Waals surface area (Å²) in [5, 5.41) is 12.5. The fraction of sp³-hybridized carbons (Fsp3) is 0.636. The fourth-order valence-corrected chi connectivity index (χ4v) is 2.31. The van der Waals surface area contributed by atoms with Crippen LogP contribution in [0.15, 0.2) is 22.3 Å². The van der Waals surface area contributed by atoms with Gasteiger partial charge in [0.2, 0.25) is 0 Å². The van der Waals surface area contributed by atoms with Crippen molar-refractivity contribution in [3.63, 3.8) is 0 Å². The van der Waals surface area contributed by atoms with E-state index in [1.165, 1.54) is 0 Å². The summed E-state index contributed by atoms with van der Waals surface area (Å²) >= 11 is 0. The first-order valence-electron chi connectivity index (χ1n) is 5.78. The van der Waals surface area contributed by atoms with Gasteiger partial charge in [-0.05, 0) is 0 Å². The molecule has 3 rings (SSSR count). The number of aliphatic hydroxyl groups excluding tert-OH is 1. The molecule has 0 spiro atoms. The number of aliphatic imine (C=N–C) groups is 2. The summed E-state index contributed by atoms with van der Waals surface area (Å²) in [6.45, 7) is 4.43. The Hall–Kier alpha value is -1.44. The van der Waals surface area contributed by atoms with E-state index < -0.39 is 6.10 Å². The highest BCUT2D eigenvalue weighted by molar-refractivity contribution is 6.11. The zero-order chi connectivity index (χ0) is 12.7. The fourth-order valence-electron chi connectivity index (χ4n) is 2.31. The van der Waals surface area contributed by atoms with Crippen LogP contribution in [0.2, 0.25) is 0 Å². The van der Waals surface area contributed by atoms with Gasteiger partial charge in [-0.25, -0.2) is 0 Å². The Morgan fingerprint density at radius 3 is 2.94 bits per heavy atom. The Balaban J connectivity index is 1.67. The first kappa shape index (κ1) is 11.6. The SMILES string of the molecule is C=C1NC(O[C@@H]2CO[C@H]3[C@@H]2OC[C@H]3O)=N/C1=N/C. The standard InChI is InChI=1S/C11H15N3O4/c1-5-10(12-2)14-11(13-5)18-7-4-17-8-6(15)3-16-9(7)8/h6-9,15H,1,3-4H2,2H3,(H,12,13,14)/t6-,7-,8-,9-/m1/s1. The number of amidine groups is 2. The van der Waals surface area contributed by atoms with Crippen LogP contribution in [-0.2, 0) is 14.2 Å². The van der Waals surface area contributed by atoms with E-state index in [0.29, 0.717) is 24.2 Å². The summed E-state index contributed by atoms with van der Waals surface area (Å²) in [5.74, 6) is 0.521. The minimum atomic E-state index is -0.579. The third-order valence-electron chi connectivity index (χ3n) is 3.19. The maximum absolute atomic E-state index is 9.62. The Morgan fingerprint density at radius 1 is 1.44 bits per heavy atom. The van der Waals surface area contributed by atoms with Crippen molar-refractivity contribution >= 4 is 11.9 Å². The second kappa shape index (κ2) is 4.34. The van der Waals surface area contributed by atoms with E-state index in [1.54, 1.807) is 7.05 Å². The highest BCUT2D eigenvalue weighted by Crippen LogP contribution is 2.29. The summed E-state index contributed by atoms with van der Waals surface area (Å²) in [6.07, 6.45) is -1.41. The van der Waals surface area contributed by atoms with Crippen LogP contribution < -0.4 is 5.32 Å². The van der Waals surface area contributed by atoms with Crippen LogP contribution in [0.4, 0.5) is 0 Å². The van der Waals surface area contributed by atoms with E-state index in [2.05, 4.69) is 21.9 Å². The lowest BCUT2D eigenvalue weighted by molar-refractivity contribution is 0.00520. The van der Waals surface area contributed by atoms with Crippen LogP contribution in [-0.4, -0.2) is 61.6 Å². The number of nitrogens with one attached hydrogen (secondary N) is 1. The second-order valence-corrected chi connectivity index (χ2v) is 4.39. The van der Waals surface area contributed by atoms with E-state index in [-0.39, 0.29) is 24.9 Å². The topological polar surface area (TPSA) is 84.7 Å². The molecule has 0 unspecified atom stereocenters. The molecule has 7 nitrogen and oxygen atoms in total. The number of aliphatic hydroxyl groups is 1. The molecule has 0 aromatic heterocycles. The van der Waals surface area contributed by atoms with Crippen LogP contribution in [0, 0.1) is 0 Å². The van der Waals surface area contributed by atoms with Crippen LogP contribution in [0.5, 0.6) is 0 Å². The summed E-state index contributed by atoms with van der Waals surface area (Å²) < 4.78 is 16.6. The third-order valence-corrected chi connectivity index (χ3v) is 3.19. The molecule has 2 saturated heterocycles. The Kier molecular flexibility index (Phi) is 2.81. The molecule has 0 aromatic rings. The molecule has 2 N–H and O–H groups in total. The van der Waals surface area contributed by atoms with Crippen LogP contribution in [0.3, 0.4) is 0 Å². The lowest BCUT2D eigenvalue weighted by atomic mass is 10.1. The summed E-state index contributed by atoms with van der Waals surface area (Å²) in [6, 6.07) is 0.347. The molecule has 0 aromatic carbocycles. The highest BCUT2D eigenvalue weighted by Gasteiger charge is 2.49. The molecule has 18 heavy (non-hydrogen) atoms. The lowest BCUT2D eigenvalue weighted by Crippen LogP contribution is -2.36. The Labute approximate surface area is 104 Å². The van der Waals surface area contributed by atoms with Crippen molar-refractivity contribution in [1.29, 1.82) is 0 Å². The average Bonchev–Trinajstić information content (AvgIpc) is 2.99. The molecule has 0 saturated carbocycles. The van der Waals surface area contributed by atoms with Crippen molar-refractivity contribution in [1.82, 2.24) is 5.32 Å². The predicted molar refractivity (Wildman–Crippen MR) is 63.4 cm³/mol. The van der Waals surface area contributed by atoms with Crippen molar-refractivity contribution in [2.45, 2.75) is 24.4 Å². The molecule has 98 valence electrons. The lowest BCUT2D eigenvalue weighted by Gasteiger charge is -2.17. The molecule has 0 bridgehead atoms. The van der Waals surface area contributed by atoms with E-state index in [0.717, 1.165) is 0 Å². The normalized spacial score (nSPS) is 40.9. The molecule has 3 heterocycles. The van der Waals surface area contributed by atoms with Gasteiger partial charge < -0.3 is 24.6 Å². The van der Waals surface area contributed by atoms with Gasteiger partial charge in [0.1, 0.15) is 18.3 Å². The molecule has 0 aliphatic carbocycles. The van der Waals surface area contributed by atoms with E-state index in [1.807, 2.05) is 0 Å². The molecule has 4 atom stereocenters. The monoisotopic (exact) mass is 253 g/mol. The Morgan fingerprint density at radius 2 is 2.22 bits per heavy atom. The average molecular weight is 253 g/mol. The molecule has 0 radical (unpaired) electrons. The predicted octanol–water partition coefficient (Wildman–Crippen LogP) is -0.969. The molecular weight excluding hydrogens is 238 g/mol. The van der Waals surface area contributed by atoms with Gasteiger partial charge in [0.25, 0.3) is 6.02 Å². The smallest absolute Gasteiger partial charge is 0.296 e. The maximum Gasteiger partial charge on any atom is 0.296 e. The number of nitrogens with zero attached hydrogens (tertiary/aromatic N) is 2. The van der Waals surface area contributed by atoms with Gasteiger partial charge in [-0.15, -0.1) is 0 Å². The molecule has 7 heteroatoms. The molecule has 3 aliphatic heterocycles. The van der Waals surface area contributed by atoms with Gasteiger partial charge in [0.05, 0.1) is 18.9 Å². The minimum Gasteiger partial charge on any atom is -0.456 e. The van der Waals surface area contributed by atoms with Crippen molar-refractivity contribution in [2.75, 3.05) is 20.3 Å². The first-order chi connectivity index (χ1) is 8.69. The molecule has 0 amide bonds. The second-order valence-electron chi connectivity index (χ2n) is 4.39. The van der Waals surface area contributed by atoms with E-state index in [9.17, 15) is 5.11 Å². The minimum absolute atomic E-state index is 0.250. The summed E-state index contributed by atoms with van der Waals surface area (Å²) in [7, 11) is 1.64. The zero-order valence-corrected chi connectivity index (χ0v) is 10.00. The van der Waals surface area contributed by atoms with Gasteiger partial charge in [-0.3, -0.25) is 4.99 Å². The van der Waals surface area contributed by atoms with Crippen molar-refractivity contribution < 1.29 is 19.3 Å². The number of ether oxygens (including phenoxy) is 3. The van der Waals surface area contributed by atoms with Crippen molar-refractivity contribution in [3.05, 3.63) is 12.3 Å². The van der Waals surface area contributed by atoms with Crippen molar-refractivity contribution in [2.24, 2.45) is 9.98 Å². The van der Waals surface area contributed by atoms with Crippen molar-refractivity contribution in [3.8, 4) is 0 Å². The summed E-state index contributed by atoms with van der Waals surface area (Å²) in [5.41, 5.74) is 0.607. The van der Waals surface area contributed by atoms with E-state index in [4.69, 9.17) is 14.2 Å². The molecule has 3 aliphatic rings. The van der Waals surface area contributed by atoms with E-state index >= 15 is 0 Å². The van der Waals surface area contributed by atoms with Gasteiger partial charge >= 0.3 is 0 Å². The number of fused-ring (bicyclic) bond motifs is 1. The van der Waals surface area contributed by atoms with Gasteiger partial charge in [0.15, 0.2) is 11.9 Å². The van der Waals surface area contributed by atoms with Gasteiger partial charge in [-0.2, -0.15) is 4.99 Å². The quantitative estimate of drug-likeness (QED) is 0.628. The Bertz CT molecular complexity index is 434. The van der Waals surface area contributed by atoms with Gasteiger partial charge in [-0.1, -0.05) is 6.58 Å². The molecular formula is C11H15N3O4. The number of hydrogen-bond acceptors (Lipinski definition) is 6.